The highest BCUT2D eigenvalue weighted by Crippen LogP contribution is 2.16. The Labute approximate surface area is 142 Å². The Hall–Kier alpha value is -2.21. The van der Waals surface area contributed by atoms with Gasteiger partial charge in [-0.2, -0.15) is 0 Å². The lowest BCUT2D eigenvalue weighted by molar-refractivity contribution is -0.156. The van der Waals surface area contributed by atoms with Crippen LogP contribution in [0.2, 0.25) is 0 Å². The van der Waals surface area contributed by atoms with Crippen LogP contribution in [0.4, 0.5) is 0 Å². The number of aryl methyl sites for hydroxylation is 1. The van der Waals surface area contributed by atoms with E-state index in [0.717, 1.165) is 11.1 Å². The van der Waals surface area contributed by atoms with Crippen molar-refractivity contribution in [3.05, 3.63) is 35.4 Å². The van der Waals surface area contributed by atoms with Gasteiger partial charge in [-0.1, -0.05) is 29.8 Å². The van der Waals surface area contributed by atoms with E-state index in [9.17, 15) is 14.4 Å². The van der Waals surface area contributed by atoms with Gasteiger partial charge < -0.3 is 15.4 Å². The molecule has 1 aliphatic rings. The molecule has 1 aliphatic heterocycles. The maximum absolute atomic E-state index is 12.1. The quantitative estimate of drug-likeness (QED) is 0.763. The molecular formula is C18H24N2O4. The molecule has 0 aromatic heterocycles. The van der Waals surface area contributed by atoms with E-state index in [1.165, 1.54) is 6.92 Å². The van der Waals surface area contributed by atoms with Crippen LogP contribution in [0.5, 0.6) is 0 Å². The van der Waals surface area contributed by atoms with E-state index in [1.54, 1.807) is 6.92 Å². The molecule has 1 aromatic carbocycles. The molecule has 6 nitrogen and oxygen atoms in total. The molecule has 24 heavy (non-hydrogen) atoms. The second-order valence-electron chi connectivity index (χ2n) is 6.29. The Morgan fingerprint density at radius 2 is 1.96 bits per heavy atom. The van der Waals surface area contributed by atoms with Gasteiger partial charge in [-0.15, -0.1) is 0 Å². The van der Waals surface area contributed by atoms with Crippen LogP contribution in [0.1, 0.15) is 31.4 Å². The molecule has 0 bridgehead atoms. The van der Waals surface area contributed by atoms with E-state index in [-0.39, 0.29) is 17.6 Å². The maximum atomic E-state index is 12.1. The van der Waals surface area contributed by atoms with E-state index < -0.39 is 18.1 Å². The summed E-state index contributed by atoms with van der Waals surface area (Å²) >= 11 is 0. The zero-order valence-electron chi connectivity index (χ0n) is 14.3. The van der Waals surface area contributed by atoms with Crippen LogP contribution >= 0.6 is 0 Å². The van der Waals surface area contributed by atoms with Crippen molar-refractivity contribution in [2.24, 2.45) is 5.92 Å². The molecule has 3 unspecified atom stereocenters. The van der Waals surface area contributed by atoms with Gasteiger partial charge in [0.2, 0.25) is 0 Å². The predicted octanol–water partition coefficient (Wildman–Crippen LogP) is 1.11. The molecule has 1 fully saturated rings. The lowest BCUT2D eigenvalue weighted by atomic mass is 10.0. The second kappa shape index (κ2) is 8.06. The van der Waals surface area contributed by atoms with Crippen LogP contribution in [-0.2, 0) is 25.7 Å². The van der Waals surface area contributed by atoms with E-state index in [4.69, 9.17) is 4.74 Å². The van der Waals surface area contributed by atoms with Gasteiger partial charge in [0.25, 0.3) is 5.91 Å². The van der Waals surface area contributed by atoms with Crippen LogP contribution in [-0.4, -0.2) is 36.4 Å². The first-order valence-electron chi connectivity index (χ1n) is 8.14. The smallest absolute Gasteiger partial charge is 0.323 e. The summed E-state index contributed by atoms with van der Waals surface area (Å²) in [7, 11) is 0. The highest BCUT2D eigenvalue weighted by molar-refractivity contribution is 5.86. The normalized spacial score (nSPS) is 21.1. The summed E-state index contributed by atoms with van der Waals surface area (Å²) < 4.78 is 5.21. The summed E-state index contributed by atoms with van der Waals surface area (Å²) in [5.41, 5.74) is 2.13. The van der Waals surface area contributed by atoms with Crippen molar-refractivity contribution in [2.75, 3.05) is 6.54 Å². The summed E-state index contributed by atoms with van der Waals surface area (Å²) in [6, 6.07) is 7.31. The highest BCUT2D eigenvalue weighted by Gasteiger charge is 2.34. The van der Waals surface area contributed by atoms with Gasteiger partial charge in [-0.3, -0.25) is 14.4 Å². The maximum Gasteiger partial charge on any atom is 0.323 e. The summed E-state index contributed by atoms with van der Waals surface area (Å²) in [6.07, 6.45) is -0.451. The van der Waals surface area contributed by atoms with E-state index in [0.29, 0.717) is 19.5 Å². The predicted molar refractivity (Wildman–Crippen MR) is 89.2 cm³/mol. The molecule has 2 N–H and O–H groups in total. The average molecular weight is 332 g/mol. The Balaban J connectivity index is 1.77. The van der Waals surface area contributed by atoms with Crippen molar-refractivity contribution in [1.82, 2.24) is 10.6 Å². The minimum Gasteiger partial charge on any atom is -0.451 e. The monoisotopic (exact) mass is 332 g/mol. The summed E-state index contributed by atoms with van der Waals surface area (Å²) in [5, 5.41) is 5.72. The van der Waals surface area contributed by atoms with Crippen LogP contribution in [0.3, 0.4) is 0 Å². The van der Waals surface area contributed by atoms with Gasteiger partial charge in [-0.25, -0.2) is 0 Å². The third kappa shape index (κ3) is 4.89. The highest BCUT2D eigenvalue weighted by atomic mass is 16.5. The first kappa shape index (κ1) is 18.1. The Morgan fingerprint density at radius 3 is 2.54 bits per heavy atom. The molecule has 1 aromatic rings. The number of Topliss-reactive ketones (excluding diaryl/α,β-unsaturated/α-hetero) is 1. The van der Waals surface area contributed by atoms with Gasteiger partial charge in [-0.05, 0) is 32.8 Å². The zero-order valence-corrected chi connectivity index (χ0v) is 14.3. The average Bonchev–Trinajstić information content (AvgIpc) is 3.04. The van der Waals surface area contributed by atoms with Crippen molar-refractivity contribution in [3.8, 4) is 0 Å². The standard InChI is InChI=1S/C18H24N2O4/c1-11-4-6-14(7-5-11)9-20-17(22)13(3)24-18(23)16-8-15(10-19-16)12(2)21/h4-7,13,15-16,19H,8-10H2,1-3H3,(H,20,22). The van der Waals surface area contributed by atoms with Gasteiger partial charge in [0.1, 0.15) is 11.8 Å². The van der Waals surface area contributed by atoms with Crippen molar-refractivity contribution >= 4 is 17.7 Å². The van der Waals surface area contributed by atoms with Gasteiger partial charge in [0.05, 0.1) is 0 Å². The molecule has 6 heteroatoms. The van der Waals surface area contributed by atoms with Crippen molar-refractivity contribution in [3.63, 3.8) is 0 Å². The number of benzene rings is 1. The van der Waals surface area contributed by atoms with Gasteiger partial charge in [0, 0.05) is 19.0 Å². The molecule has 1 saturated heterocycles. The number of carbonyl (C=O) groups is 3. The third-order valence-corrected chi connectivity index (χ3v) is 4.24. The molecule has 3 atom stereocenters. The Kier molecular flexibility index (Phi) is 6.09. The molecule has 130 valence electrons. The van der Waals surface area contributed by atoms with Crippen LogP contribution in [0, 0.1) is 12.8 Å². The summed E-state index contributed by atoms with van der Waals surface area (Å²) in [5.74, 6) is -0.934. The van der Waals surface area contributed by atoms with Crippen molar-refractivity contribution < 1.29 is 19.1 Å². The number of rotatable bonds is 6. The van der Waals surface area contributed by atoms with E-state index in [2.05, 4.69) is 10.6 Å². The minimum atomic E-state index is -0.874. The van der Waals surface area contributed by atoms with Crippen LogP contribution in [0.15, 0.2) is 24.3 Å². The summed E-state index contributed by atoms with van der Waals surface area (Å²) in [6.45, 7) is 5.91. The molecule has 0 saturated carbocycles. The number of nitrogens with one attached hydrogen (secondary N) is 2. The number of amides is 1. The molecule has 0 spiro atoms. The topological polar surface area (TPSA) is 84.5 Å². The molecule has 2 rings (SSSR count). The number of hydrogen-bond donors (Lipinski definition) is 2. The largest absolute Gasteiger partial charge is 0.451 e. The van der Waals surface area contributed by atoms with Gasteiger partial charge >= 0.3 is 5.97 Å². The van der Waals surface area contributed by atoms with Crippen molar-refractivity contribution in [1.29, 1.82) is 0 Å². The number of hydrogen-bond acceptors (Lipinski definition) is 5. The Bertz CT molecular complexity index is 612. The van der Waals surface area contributed by atoms with Crippen LogP contribution < -0.4 is 10.6 Å². The Morgan fingerprint density at radius 1 is 1.29 bits per heavy atom. The molecule has 1 amide bonds. The molecule has 0 radical (unpaired) electrons. The van der Waals surface area contributed by atoms with E-state index in [1.807, 2.05) is 31.2 Å². The fourth-order valence-electron chi connectivity index (χ4n) is 2.57. The third-order valence-electron chi connectivity index (χ3n) is 4.24. The number of ketones is 1. The lowest BCUT2D eigenvalue weighted by Crippen LogP contribution is -2.40. The molecule has 1 heterocycles. The van der Waals surface area contributed by atoms with Crippen molar-refractivity contribution in [2.45, 2.75) is 45.9 Å². The zero-order chi connectivity index (χ0) is 17.7. The summed E-state index contributed by atoms with van der Waals surface area (Å²) in [4.78, 5) is 35.4. The second-order valence-corrected chi connectivity index (χ2v) is 6.29. The molecular weight excluding hydrogens is 308 g/mol. The minimum absolute atomic E-state index is 0.0571. The number of ether oxygens (including phenoxy) is 1. The van der Waals surface area contributed by atoms with Gasteiger partial charge in [0.15, 0.2) is 6.10 Å². The first-order valence-corrected chi connectivity index (χ1v) is 8.14. The SMILES string of the molecule is CC(=O)C1CNC(C(=O)OC(C)C(=O)NCc2ccc(C)cc2)C1. The molecule has 0 aliphatic carbocycles. The fourth-order valence-corrected chi connectivity index (χ4v) is 2.57. The lowest BCUT2D eigenvalue weighted by Gasteiger charge is -2.16. The first-order chi connectivity index (χ1) is 11.4. The van der Waals surface area contributed by atoms with Crippen LogP contribution in [0.25, 0.3) is 0 Å². The fraction of sp³-hybridized carbons (Fsp3) is 0.500. The number of carbonyl (C=O) groups excluding carboxylic acids is 3. The number of esters is 1. The van der Waals surface area contributed by atoms with E-state index >= 15 is 0 Å².